The van der Waals surface area contributed by atoms with Crippen molar-refractivity contribution in [3.8, 4) is 0 Å². The van der Waals surface area contributed by atoms with E-state index in [9.17, 15) is 9.90 Å². The number of benzene rings is 1. The number of rotatable bonds is 4. The highest BCUT2D eigenvalue weighted by Gasteiger charge is 2.37. The van der Waals surface area contributed by atoms with Crippen LogP contribution in [0.15, 0.2) is 22.8 Å². The molecule has 21 heavy (non-hydrogen) atoms. The Morgan fingerprint density at radius 1 is 1.48 bits per heavy atom. The molecule has 0 radical (unpaired) electrons. The summed E-state index contributed by atoms with van der Waals surface area (Å²) in [6.07, 6.45) is 0.634. The van der Waals surface area contributed by atoms with Crippen molar-refractivity contribution in [2.45, 2.75) is 25.0 Å². The SMILES string of the molecule is CN(C)[C@@H]1C[C@@H](C(=O)O)N(Cc2cccc3nonc23)C1. The van der Waals surface area contributed by atoms with E-state index in [1.807, 2.05) is 37.2 Å². The maximum atomic E-state index is 11.5. The van der Waals surface area contributed by atoms with E-state index in [-0.39, 0.29) is 6.04 Å². The minimum absolute atomic E-state index is 0.251. The number of carboxylic acid groups (broad SMARTS) is 1. The molecule has 0 bridgehead atoms. The molecule has 0 aliphatic carbocycles. The van der Waals surface area contributed by atoms with Crippen LogP contribution in [0.2, 0.25) is 0 Å². The quantitative estimate of drug-likeness (QED) is 0.892. The first-order valence-electron chi connectivity index (χ1n) is 6.89. The molecule has 2 aromatic rings. The number of fused-ring (bicyclic) bond motifs is 1. The molecule has 1 aliphatic heterocycles. The van der Waals surface area contributed by atoms with E-state index in [4.69, 9.17) is 4.63 Å². The van der Waals surface area contributed by atoms with Gasteiger partial charge in [0.25, 0.3) is 0 Å². The number of aromatic nitrogens is 2. The van der Waals surface area contributed by atoms with Crippen LogP contribution in [-0.4, -0.2) is 63.9 Å². The summed E-state index contributed by atoms with van der Waals surface area (Å²) < 4.78 is 4.76. The van der Waals surface area contributed by atoms with Gasteiger partial charge in [-0.25, -0.2) is 4.63 Å². The highest BCUT2D eigenvalue weighted by atomic mass is 16.6. The maximum Gasteiger partial charge on any atom is 0.320 e. The molecule has 3 rings (SSSR count). The predicted octanol–water partition coefficient (Wildman–Crippen LogP) is 0.812. The zero-order valence-corrected chi connectivity index (χ0v) is 12.1. The van der Waals surface area contributed by atoms with Gasteiger partial charge in [-0.2, -0.15) is 0 Å². The fraction of sp³-hybridized carbons (Fsp3) is 0.500. The average Bonchev–Trinajstić information content (AvgIpc) is 3.05. The summed E-state index contributed by atoms with van der Waals surface area (Å²) in [6, 6.07) is 5.44. The second kappa shape index (κ2) is 5.42. The Bertz CT molecular complexity index is 654. The highest BCUT2D eigenvalue weighted by molar-refractivity contribution is 5.77. The minimum Gasteiger partial charge on any atom is -0.480 e. The Morgan fingerprint density at radius 2 is 2.29 bits per heavy atom. The van der Waals surface area contributed by atoms with Crippen LogP contribution in [0.1, 0.15) is 12.0 Å². The van der Waals surface area contributed by atoms with E-state index < -0.39 is 12.0 Å². The summed E-state index contributed by atoms with van der Waals surface area (Å²) in [6.45, 7) is 1.26. The van der Waals surface area contributed by atoms with Crippen LogP contribution in [0, 0.1) is 0 Å². The highest BCUT2D eigenvalue weighted by Crippen LogP contribution is 2.25. The van der Waals surface area contributed by atoms with Crippen molar-refractivity contribution in [1.29, 1.82) is 0 Å². The second-order valence-electron chi connectivity index (χ2n) is 5.69. The van der Waals surface area contributed by atoms with Crippen molar-refractivity contribution in [3.63, 3.8) is 0 Å². The van der Waals surface area contributed by atoms with Crippen LogP contribution in [0.3, 0.4) is 0 Å². The molecule has 0 unspecified atom stereocenters. The van der Waals surface area contributed by atoms with Crippen LogP contribution in [-0.2, 0) is 11.3 Å². The predicted molar refractivity (Wildman–Crippen MR) is 75.7 cm³/mol. The van der Waals surface area contributed by atoms with Gasteiger partial charge in [0.1, 0.15) is 17.1 Å². The van der Waals surface area contributed by atoms with Crippen LogP contribution in [0.4, 0.5) is 0 Å². The second-order valence-corrected chi connectivity index (χ2v) is 5.69. The summed E-state index contributed by atoms with van der Waals surface area (Å²) >= 11 is 0. The molecule has 0 saturated carbocycles. The Hall–Kier alpha value is -1.99. The van der Waals surface area contributed by atoms with Gasteiger partial charge in [-0.1, -0.05) is 12.1 Å². The molecular formula is C14H18N4O3. The van der Waals surface area contributed by atoms with Gasteiger partial charge in [0.05, 0.1) is 0 Å². The van der Waals surface area contributed by atoms with Gasteiger partial charge in [0.2, 0.25) is 0 Å². The Kier molecular flexibility index (Phi) is 3.60. The van der Waals surface area contributed by atoms with Crippen molar-refractivity contribution in [3.05, 3.63) is 23.8 Å². The molecule has 1 aromatic heterocycles. The Labute approximate surface area is 122 Å². The van der Waals surface area contributed by atoms with E-state index in [2.05, 4.69) is 15.2 Å². The lowest BCUT2D eigenvalue weighted by atomic mass is 10.1. The molecule has 1 N–H and O–H groups in total. The summed E-state index contributed by atoms with van der Waals surface area (Å²) in [4.78, 5) is 15.5. The summed E-state index contributed by atoms with van der Waals surface area (Å²) in [5, 5.41) is 17.2. The van der Waals surface area contributed by atoms with Gasteiger partial charge < -0.3 is 10.0 Å². The van der Waals surface area contributed by atoms with Crippen LogP contribution >= 0.6 is 0 Å². The number of nitrogens with zero attached hydrogens (tertiary/aromatic N) is 4. The number of likely N-dealkylation sites (tertiary alicyclic amines) is 1. The minimum atomic E-state index is -0.773. The lowest BCUT2D eigenvalue weighted by Crippen LogP contribution is -2.35. The molecule has 112 valence electrons. The molecule has 0 spiro atoms. The molecule has 1 aliphatic rings. The van der Waals surface area contributed by atoms with Crippen molar-refractivity contribution >= 4 is 17.0 Å². The third-order valence-corrected chi connectivity index (χ3v) is 4.14. The smallest absolute Gasteiger partial charge is 0.320 e. The normalized spacial score (nSPS) is 23.2. The zero-order valence-electron chi connectivity index (χ0n) is 12.1. The molecule has 2 heterocycles. The first kappa shape index (κ1) is 14.0. The fourth-order valence-electron chi connectivity index (χ4n) is 2.89. The van der Waals surface area contributed by atoms with Crippen molar-refractivity contribution in [1.82, 2.24) is 20.1 Å². The molecule has 1 aromatic carbocycles. The largest absolute Gasteiger partial charge is 0.480 e. The molecule has 1 saturated heterocycles. The number of likely N-dealkylation sites (N-methyl/N-ethyl adjacent to an activating group) is 1. The molecule has 7 nitrogen and oxygen atoms in total. The van der Waals surface area contributed by atoms with E-state index in [1.54, 1.807) is 0 Å². The summed E-state index contributed by atoms with van der Waals surface area (Å²) in [7, 11) is 3.96. The summed E-state index contributed by atoms with van der Waals surface area (Å²) in [5.41, 5.74) is 2.34. The number of carbonyl (C=O) groups is 1. The first-order chi connectivity index (χ1) is 10.1. The van der Waals surface area contributed by atoms with E-state index >= 15 is 0 Å². The van der Waals surface area contributed by atoms with Crippen molar-refractivity contribution in [2.24, 2.45) is 0 Å². The number of aliphatic carboxylic acids is 1. The van der Waals surface area contributed by atoms with Gasteiger partial charge in [-0.05, 0) is 42.5 Å². The lowest BCUT2D eigenvalue weighted by Gasteiger charge is -2.21. The van der Waals surface area contributed by atoms with Gasteiger partial charge in [0, 0.05) is 19.1 Å². The number of hydrogen-bond acceptors (Lipinski definition) is 6. The van der Waals surface area contributed by atoms with Crippen LogP contribution in [0.25, 0.3) is 11.0 Å². The Balaban J connectivity index is 1.85. The average molecular weight is 290 g/mol. The van der Waals surface area contributed by atoms with Crippen LogP contribution in [0.5, 0.6) is 0 Å². The monoisotopic (exact) mass is 290 g/mol. The van der Waals surface area contributed by atoms with E-state index in [0.29, 0.717) is 24.0 Å². The van der Waals surface area contributed by atoms with Crippen molar-refractivity contribution in [2.75, 3.05) is 20.6 Å². The van der Waals surface area contributed by atoms with Gasteiger partial charge in [-0.15, -0.1) is 0 Å². The van der Waals surface area contributed by atoms with Crippen molar-refractivity contribution < 1.29 is 14.5 Å². The summed E-state index contributed by atoms with van der Waals surface area (Å²) in [5.74, 6) is -0.773. The van der Waals surface area contributed by atoms with Crippen LogP contribution < -0.4 is 0 Å². The number of hydrogen-bond donors (Lipinski definition) is 1. The first-order valence-corrected chi connectivity index (χ1v) is 6.89. The topological polar surface area (TPSA) is 82.7 Å². The standard InChI is InChI=1S/C14H18N4O3/c1-17(2)10-6-12(14(19)20)18(8-10)7-9-4-3-5-11-13(9)16-21-15-11/h3-5,10,12H,6-8H2,1-2H3,(H,19,20)/t10-,12+/m1/s1. The van der Waals surface area contributed by atoms with E-state index in [1.165, 1.54) is 0 Å². The Morgan fingerprint density at radius 3 is 3.00 bits per heavy atom. The molecule has 2 atom stereocenters. The maximum absolute atomic E-state index is 11.5. The lowest BCUT2D eigenvalue weighted by molar-refractivity contribution is -0.142. The molecule has 1 fully saturated rings. The molecule has 0 amide bonds. The van der Waals surface area contributed by atoms with Gasteiger partial charge >= 0.3 is 5.97 Å². The molecule has 7 heteroatoms. The molecular weight excluding hydrogens is 272 g/mol. The zero-order chi connectivity index (χ0) is 15.0. The third-order valence-electron chi connectivity index (χ3n) is 4.14. The van der Waals surface area contributed by atoms with E-state index in [0.717, 1.165) is 12.1 Å². The fourth-order valence-corrected chi connectivity index (χ4v) is 2.89. The van der Waals surface area contributed by atoms with Gasteiger partial charge in [-0.3, -0.25) is 9.69 Å². The third kappa shape index (κ3) is 2.62. The number of carboxylic acids is 1. The van der Waals surface area contributed by atoms with Gasteiger partial charge in [0.15, 0.2) is 0 Å².